The Bertz CT molecular complexity index is 3250. The molecule has 0 N–H and O–H groups in total. The summed E-state index contributed by atoms with van der Waals surface area (Å²) in [6.07, 6.45) is 0. The van der Waals surface area contributed by atoms with Gasteiger partial charge in [-0.05, 0) is 41.5 Å². The maximum atomic E-state index is 5.23. The summed E-state index contributed by atoms with van der Waals surface area (Å²) in [7, 11) is 0. The molecule has 7 aromatic carbocycles. The van der Waals surface area contributed by atoms with Crippen molar-refractivity contribution < 1.29 is 0 Å². The van der Waals surface area contributed by atoms with E-state index in [1.165, 1.54) is 24.9 Å². The van der Waals surface area contributed by atoms with Crippen molar-refractivity contribution in [2.45, 2.75) is 0 Å². The summed E-state index contributed by atoms with van der Waals surface area (Å²) in [5, 5.41) is 3.54. The first kappa shape index (κ1) is 32.5. The second-order valence-corrected chi connectivity index (χ2v) is 15.8. The highest BCUT2D eigenvalue weighted by atomic mass is 32.1. The molecule has 0 bridgehead atoms. The zero-order valence-corrected chi connectivity index (χ0v) is 31.4. The molecule has 0 aliphatic rings. The molecule has 0 amide bonds. The molecule has 0 spiro atoms. The van der Waals surface area contributed by atoms with Gasteiger partial charge in [0, 0.05) is 58.1 Å². The lowest BCUT2D eigenvalue weighted by molar-refractivity contribution is 1.07. The third-order valence-electron chi connectivity index (χ3n) is 10.1. The van der Waals surface area contributed by atoms with Crippen LogP contribution in [-0.4, -0.2) is 24.9 Å². The molecule has 0 atom stereocenters. The Balaban J connectivity index is 1.04. The van der Waals surface area contributed by atoms with Crippen LogP contribution in [0.15, 0.2) is 176 Å². The van der Waals surface area contributed by atoms with Crippen LogP contribution in [0, 0.1) is 0 Å². The number of nitrogens with zero attached hydrogens (tertiary/aromatic N) is 5. The van der Waals surface area contributed by atoms with Crippen LogP contribution in [0.5, 0.6) is 0 Å². The fourth-order valence-corrected chi connectivity index (χ4v) is 9.66. The molecule has 5 nitrogen and oxygen atoms in total. The minimum Gasteiger partial charge on any atom is -0.226 e. The lowest BCUT2D eigenvalue weighted by Gasteiger charge is -2.10. The van der Waals surface area contributed by atoms with Crippen LogP contribution in [0.4, 0.5) is 0 Å². The minimum atomic E-state index is 0.639. The van der Waals surface area contributed by atoms with Crippen molar-refractivity contribution in [1.82, 2.24) is 24.9 Å². The van der Waals surface area contributed by atoms with Gasteiger partial charge in [-0.1, -0.05) is 146 Å². The number of aromatic nitrogens is 5. The maximum absolute atomic E-state index is 5.23. The first-order valence-electron chi connectivity index (χ1n) is 18.4. The van der Waals surface area contributed by atoms with E-state index in [-0.39, 0.29) is 0 Å². The number of hydrogen-bond donors (Lipinski definition) is 0. The molecule has 7 heteroatoms. The average molecular weight is 752 g/mol. The summed E-state index contributed by atoms with van der Waals surface area (Å²) < 4.78 is 4.69. The highest BCUT2D eigenvalue weighted by Crippen LogP contribution is 2.42. The maximum Gasteiger partial charge on any atom is 0.164 e. The zero-order valence-electron chi connectivity index (χ0n) is 29.8. The van der Waals surface area contributed by atoms with Gasteiger partial charge < -0.3 is 0 Å². The second kappa shape index (κ2) is 13.4. The predicted molar refractivity (Wildman–Crippen MR) is 234 cm³/mol. The molecule has 0 saturated heterocycles. The molecule has 0 fully saturated rings. The Morgan fingerprint density at radius 3 is 1.57 bits per heavy atom. The van der Waals surface area contributed by atoms with E-state index in [1.54, 1.807) is 22.7 Å². The molecule has 0 saturated carbocycles. The van der Waals surface area contributed by atoms with Gasteiger partial charge in [0.25, 0.3) is 0 Å². The highest BCUT2D eigenvalue weighted by molar-refractivity contribution is 7.26. The summed E-state index contributed by atoms with van der Waals surface area (Å²) in [5.74, 6) is 2.65. The summed E-state index contributed by atoms with van der Waals surface area (Å²) in [5.41, 5.74) is 9.11. The quantitative estimate of drug-likeness (QED) is 0.169. The fourth-order valence-electron chi connectivity index (χ4n) is 7.39. The van der Waals surface area contributed by atoms with Gasteiger partial charge >= 0.3 is 0 Å². The molecule has 11 aromatic rings. The Kier molecular flexibility index (Phi) is 7.79. The SMILES string of the molecule is c1ccc(-c2cccc(-c3nc(-c4ccccc4)nc(-c4ccc5c(c4)sc4ccc(-c6nc(-c7ccccc7)nc7c6sc6ccccc67)cc45)n3)c2)cc1. The molecular formula is C49H29N5S2. The topological polar surface area (TPSA) is 64.5 Å². The highest BCUT2D eigenvalue weighted by Gasteiger charge is 2.19. The third-order valence-corrected chi connectivity index (χ3v) is 12.5. The third kappa shape index (κ3) is 5.73. The minimum absolute atomic E-state index is 0.639. The van der Waals surface area contributed by atoms with Gasteiger partial charge in [0.05, 0.1) is 15.9 Å². The molecule has 11 rings (SSSR count). The zero-order chi connectivity index (χ0) is 37.0. The average Bonchev–Trinajstić information content (AvgIpc) is 3.84. The van der Waals surface area contributed by atoms with Gasteiger partial charge in [-0.2, -0.15) is 0 Å². The van der Waals surface area contributed by atoms with Crippen LogP contribution in [0.3, 0.4) is 0 Å². The largest absolute Gasteiger partial charge is 0.226 e. The molecule has 4 heterocycles. The Labute approximate surface area is 330 Å². The van der Waals surface area contributed by atoms with Crippen LogP contribution in [0.1, 0.15) is 0 Å². The van der Waals surface area contributed by atoms with Crippen molar-refractivity contribution in [2.75, 3.05) is 0 Å². The number of benzene rings is 7. The van der Waals surface area contributed by atoms with Crippen molar-refractivity contribution in [3.63, 3.8) is 0 Å². The van der Waals surface area contributed by atoms with Crippen molar-refractivity contribution in [3.05, 3.63) is 176 Å². The predicted octanol–water partition coefficient (Wildman–Crippen LogP) is 13.4. The van der Waals surface area contributed by atoms with E-state index in [9.17, 15) is 0 Å². The Morgan fingerprint density at radius 2 is 0.839 bits per heavy atom. The van der Waals surface area contributed by atoms with E-state index in [1.807, 2.05) is 54.6 Å². The van der Waals surface area contributed by atoms with Crippen molar-refractivity contribution >= 4 is 63.1 Å². The van der Waals surface area contributed by atoms with Gasteiger partial charge in [-0.15, -0.1) is 22.7 Å². The van der Waals surface area contributed by atoms with Gasteiger partial charge in [0.15, 0.2) is 23.3 Å². The van der Waals surface area contributed by atoms with E-state index in [0.29, 0.717) is 17.5 Å². The lowest BCUT2D eigenvalue weighted by Crippen LogP contribution is -2.00. The molecule has 0 radical (unpaired) electrons. The summed E-state index contributed by atoms with van der Waals surface area (Å²) in [6, 6.07) is 61.0. The molecule has 0 aliphatic carbocycles. The van der Waals surface area contributed by atoms with E-state index in [0.717, 1.165) is 66.1 Å². The van der Waals surface area contributed by atoms with Crippen molar-refractivity contribution in [2.24, 2.45) is 0 Å². The van der Waals surface area contributed by atoms with E-state index >= 15 is 0 Å². The van der Waals surface area contributed by atoms with E-state index in [4.69, 9.17) is 24.9 Å². The van der Waals surface area contributed by atoms with Crippen LogP contribution in [-0.2, 0) is 0 Å². The van der Waals surface area contributed by atoms with E-state index < -0.39 is 0 Å². The van der Waals surface area contributed by atoms with Crippen molar-refractivity contribution in [1.29, 1.82) is 0 Å². The first-order valence-corrected chi connectivity index (χ1v) is 20.0. The molecule has 4 aromatic heterocycles. The first-order chi connectivity index (χ1) is 27.7. The Morgan fingerprint density at radius 1 is 0.286 bits per heavy atom. The fraction of sp³-hybridized carbons (Fsp3) is 0. The molecule has 0 unspecified atom stereocenters. The molecular weight excluding hydrogens is 723 g/mol. The van der Waals surface area contributed by atoms with Crippen molar-refractivity contribution in [3.8, 4) is 67.9 Å². The van der Waals surface area contributed by atoms with Crippen LogP contribution >= 0.6 is 22.7 Å². The summed E-state index contributed by atoms with van der Waals surface area (Å²) in [4.78, 5) is 25.5. The monoisotopic (exact) mass is 751 g/mol. The smallest absolute Gasteiger partial charge is 0.164 e. The van der Waals surface area contributed by atoms with Gasteiger partial charge in [-0.3, -0.25) is 0 Å². The van der Waals surface area contributed by atoms with Gasteiger partial charge in [0.1, 0.15) is 0 Å². The second-order valence-electron chi connectivity index (χ2n) is 13.7. The standard InChI is InChI=1S/C49H29N5S2/c1-4-13-30(14-5-1)33-19-12-20-35(27-33)48-52-47(32-17-8-3-9-18-32)53-49(54-48)36-23-25-37-39-28-34(24-26-41(39)55-42(37)29-36)43-45-44(38-21-10-11-22-40(38)56-45)51-46(50-43)31-15-6-2-7-16-31/h1-29H. The Hall–Kier alpha value is -6.93. The van der Waals surface area contributed by atoms with Gasteiger partial charge in [-0.25, -0.2) is 24.9 Å². The number of rotatable bonds is 6. The number of thiophene rings is 2. The van der Waals surface area contributed by atoms with Crippen LogP contribution < -0.4 is 0 Å². The van der Waals surface area contributed by atoms with Crippen LogP contribution in [0.25, 0.3) is 108 Å². The summed E-state index contributed by atoms with van der Waals surface area (Å²) in [6.45, 7) is 0. The van der Waals surface area contributed by atoms with Crippen LogP contribution in [0.2, 0.25) is 0 Å². The lowest BCUT2D eigenvalue weighted by atomic mass is 10.0. The van der Waals surface area contributed by atoms with E-state index in [2.05, 4.69) is 121 Å². The summed E-state index contributed by atoms with van der Waals surface area (Å²) >= 11 is 3.54. The number of hydrogen-bond acceptors (Lipinski definition) is 7. The molecule has 0 aliphatic heterocycles. The normalized spacial score (nSPS) is 11.6. The molecule has 262 valence electrons. The van der Waals surface area contributed by atoms with Gasteiger partial charge in [0.2, 0.25) is 0 Å². The molecule has 56 heavy (non-hydrogen) atoms. The number of fused-ring (bicyclic) bond motifs is 6.